The Morgan fingerprint density at radius 3 is 2.55 bits per heavy atom. The lowest BCUT2D eigenvalue weighted by molar-refractivity contribution is 0.102. The topological polar surface area (TPSA) is 62.0 Å². The van der Waals surface area contributed by atoms with Gasteiger partial charge in [-0.3, -0.25) is 9.59 Å². The van der Waals surface area contributed by atoms with Crippen molar-refractivity contribution in [3.63, 3.8) is 0 Å². The monoisotopic (exact) mass is 302 g/mol. The zero-order chi connectivity index (χ0) is 14.9. The van der Waals surface area contributed by atoms with E-state index in [1.54, 1.807) is 0 Å². The van der Waals surface area contributed by atoms with E-state index < -0.39 is 34.6 Å². The van der Waals surface area contributed by atoms with E-state index in [0.29, 0.717) is 6.07 Å². The molecule has 1 amide bonds. The Bertz CT molecular complexity index is 746. The molecule has 1 heterocycles. The van der Waals surface area contributed by atoms with Crippen LogP contribution in [0.1, 0.15) is 10.4 Å². The average molecular weight is 303 g/mol. The van der Waals surface area contributed by atoms with Crippen molar-refractivity contribution in [1.29, 1.82) is 0 Å². The third kappa shape index (κ3) is 2.67. The summed E-state index contributed by atoms with van der Waals surface area (Å²) >= 11 is 5.53. The second-order valence-corrected chi connectivity index (χ2v) is 4.15. The maximum absolute atomic E-state index is 13.4. The lowest BCUT2D eigenvalue weighted by Gasteiger charge is -2.07. The van der Waals surface area contributed by atoms with Crippen LogP contribution >= 0.6 is 11.6 Å². The van der Waals surface area contributed by atoms with Crippen molar-refractivity contribution in [3.05, 3.63) is 62.8 Å². The molecule has 2 N–H and O–H groups in total. The highest BCUT2D eigenvalue weighted by molar-refractivity contribution is 6.30. The Balaban J connectivity index is 2.30. The van der Waals surface area contributed by atoms with Gasteiger partial charge in [0.25, 0.3) is 11.5 Å². The van der Waals surface area contributed by atoms with E-state index in [1.807, 2.05) is 5.32 Å². The number of aromatic amines is 1. The molecule has 0 saturated carbocycles. The van der Waals surface area contributed by atoms with Crippen LogP contribution in [-0.2, 0) is 0 Å². The van der Waals surface area contributed by atoms with Gasteiger partial charge >= 0.3 is 0 Å². The van der Waals surface area contributed by atoms with Gasteiger partial charge in [-0.15, -0.1) is 0 Å². The minimum absolute atomic E-state index is 0.0706. The molecule has 0 fully saturated rings. The molecule has 0 spiro atoms. The van der Waals surface area contributed by atoms with E-state index in [-0.39, 0.29) is 10.6 Å². The molecule has 1 aromatic heterocycles. The van der Waals surface area contributed by atoms with Crippen LogP contribution < -0.4 is 10.9 Å². The van der Waals surface area contributed by atoms with Crippen molar-refractivity contribution < 1.29 is 18.0 Å². The lowest BCUT2D eigenvalue weighted by atomic mass is 10.2. The number of H-pyrrole nitrogens is 1. The van der Waals surface area contributed by atoms with E-state index in [0.717, 1.165) is 18.3 Å². The van der Waals surface area contributed by atoms with Gasteiger partial charge in [0.15, 0.2) is 17.5 Å². The molecule has 20 heavy (non-hydrogen) atoms. The van der Waals surface area contributed by atoms with Crippen LogP contribution in [0.2, 0.25) is 5.02 Å². The fourth-order valence-corrected chi connectivity index (χ4v) is 1.58. The maximum Gasteiger partial charge on any atom is 0.266 e. The molecule has 2 rings (SSSR count). The number of pyridine rings is 1. The summed E-state index contributed by atoms with van der Waals surface area (Å²) in [6.45, 7) is 0. The summed E-state index contributed by atoms with van der Waals surface area (Å²) in [6, 6.07) is 2.61. The molecule has 0 atom stereocenters. The number of carbonyl (C=O) groups is 1. The summed E-state index contributed by atoms with van der Waals surface area (Å²) in [7, 11) is 0. The normalized spacial score (nSPS) is 10.4. The number of aromatic nitrogens is 1. The third-order valence-electron chi connectivity index (χ3n) is 2.40. The van der Waals surface area contributed by atoms with E-state index in [2.05, 4.69) is 4.98 Å². The van der Waals surface area contributed by atoms with Gasteiger partial charge in [-0.2, -0.15) is 0 Å². The number of nitrogens with one attached hydrogen (secondary N) is 2. The van der Waals surface area contributed by atoms with Gasteiger partial charge in [-0.25, -0.2) is 13.2 Å². The molecule has 0 bridgehead atoms. The first-order chi connectivity index (χ1) is 9.40. The maximum atomic E-state index is 13.4. The van der Waals surface area contributed by atoms with Crippen molar-refractivity contribution in [2.24, 2.45) is 0 Å². The fraction of sp³-hybridized carbons (Fsp3) is 0. The predicted molar refractivity (Wildman–Crippen MR) is 66.3 cm³/mol. The fourth-order valence-electron chi connectivity index (χ4n) is 1.40. The Morgan fingerprint density at radius 1 is 1.20 bits per heavy atom. The Morgan fingerprint density at radius 2 is 1.90 bits per heavy atom. The first kappa shape index (κ1) is 14.1. The number of hydrogen-bond acceptors (Lipinski definition) is 2. The summed E-state index contributed by atoms with van der Waals surface area (Å²) in [6.07, 6.45) is 1.06. The van der Waals surface area contributed by atoms with E-state index in [1.165, 1.54) is 0 Å². The first-order valence-corrected chi connectivity index (χ1v) is 5.61. The largest absolute Gasteiger partial charge is 0.327 e. The van der Waals surface area contributed by atoms with Crippen molar-refractivity contribution >= 4 is 23.2 Å². The lowest BCUT2D eigenvalue weighted by Crippen LogP contribution is -2.16. The molecule has 104 valence electrons. The predicted octanol–water partition coefficient (Wildman–Crippen LogP) is 2.70. The van der Waals surface area contributed by atoms with Crippen LogP contribution in [0.25, 0.3) is 0 Å². The van der Waals surface area contributed by atoms with Crippen molar-refractivity contribution in [1.82, 2.24) is 4.98 Å². The number of carbonyl (C=O) groups excluding carboxylic acids is 1. The van der Waals surface area contributed by atoms with Gasteiger partial charge in [-0.05, 0) is 18.2 Å². The SMILES string of the molecule is O=C(Nc1ccc(F)c(F)c1F)c1c[nH]c(=O)c(Cl)c1. The zero-order valence-electron chi connectivity index (χ0n) is 9.64. The molecule has 8 heteroatoms. The summed E-state index contributed by atoms with van der Waals surface area (Å²) in [5.41, 5.74) is -1.20. The molecular formula is C12H6ClF3N2O2. The summed E-state index contributed by atoms with van der Waals surface area (Å²) in [5, 5.41) is 1.81. The van der Waals surface area contributed by atoms with Crippen molar-refractivity contribution in [3.8, 4) is 0 Å². The van der Waals surface area contributed by atoms with Crippen LogP contribution in [-0.4, -0.2) is 10.9 Å². The molecular weight excluding hydrogens is 297 g/mol. The van der Waals surface area contributed by atoms with E-state index in [4.69, 9.17) is 11.6 Å². The number of benzene rings is 1. The highest BCUT2D eigenvalue weighted by Crippen LogP contribution is 2.20. The quantitative estimate of drug-likeness (QED) is 0.838. The van der Waals surface area contributed by atoms with Crippen LogP contribution in [0.4, 0.5) is 18.9 Å². The summed E-state index contributed by atoms with van der Waals surface area (Å²) < 4.78 is 39.1. The Labute approximate surface area is 115 Å². The number of hydrogen-bond donors (Lipinski definition) is 2. The number of rotatable bonds is 2. The average Bonchev–Trinajstić information content (AvgIpc) is 2.42. The van der Waals surface area contributed by atoms with Gasteiger partial charge in [0, 0.05) is 6.20 Å². The van der Waals surface area contributed by atoms with Crippen molar-refractivity contribution in [2.45, 2.75) is 0 Å². The van der Waals surface area contributed by atoms with Gasteiger partial charge in [0.05, 0.1) is 11.3 Å². The summed E-state index contributed by atoms with van der Waals surface area (Å²) in [5.74, 6) is -5.42. The molecule has 0 radical (unpaired) electrons. The number of anilines is 1. The van der Waals surface area contributed by atoms with E-state index >= 15 is 0 Å². The van der Waals surface area contributed by atoms with E-state index in [9.17, 15) is 22.8 Å². The molecule has 4 nitrogen and oxygen atoms in total. The van der Waals surface area contributed by atoms with Gasteiger partial charge in [0.2, 0.25) is 0 Å². The standard InChI is InChI=1S/C12H6ClF3N2O2/c13-6-3-5(4-17-12(6)20)11(19)18-8-2-1-7(14)9(15)10(8)16/h1-4H,(H,17,20)(H,18,19). The van der Waals surface area contributed by atoms with Gasteiger partial charge in [0.1, 0.15) is 5.02 Å². The molecule has 0 aliphatic carbocycles. The van der Waals surface area contributed by atoms with Gasteiger partial charge < -0.3 is 10.3 Å². The highest BCUT2D eigenvalue weighted by Gasteiger charge is 2.16. The van der Waals surface area contributed by atoms with Crippen LogP contribution in [0.3, 0.4) is 0 Å². The molecule has 0 aliphatic rings. The Kier molecular flexibility index (Phi) is 3.80. The zero-order valence-corrected chi connectivity index (χ0v) is 10.4. The summed E-state index contributed by atoms with van der Waals surface area (Å²) in [4.78, 5) is 25.0. The number of halogens is 4. The molecule has 1 aromatic carbocycles. The minimum atomic E-state index is -1.69. The smallest absolute Gasteiger partial charge is 0.266 e. The van der Waals surface area contributed by atoms with Crippen molar-refractivity contribution in [2.75, 3.05) is 5.32 Å². The molecule has 0 unspecified atom stereocenters. The second-order valence-electron chi connectivity index (χ2n) is 3.74. The minimum Gasteiger partial charge on any atom is -0.327 e. The second kappa shape index (κ2) is 5.38. The first-order valence-electron chi connectivity index (χ1n) is 5.23. The molecule has 0 saturated heterocycles. The van der Waals surface area contributed by atoms with Crippen LogP contribution in [0.5, 0.6) is 0 Å². The van der Waals surface area contributed by atoms with Crippen LogP contribution in [0, 0.1) is 17.5 Å². The highest BCUT2D eigenvalue weighted by atomic mass is 35.5. The van der Waals surface area contributed by atoms with Gasteiger partial charge in [-0.1, -0.05) is 11.6 Å². The third-order valence-corrected chi connectivity index (χ3v) is 2.68. The molecule has 0 aliphatic heterocycles. The number of amides is 1. The van der Waals surface area contributed by atoms with Crippen LogP contribution in [0.15, 0.2) is 29.2 Å². The molecule has 2 aromatic rings. The Hall–Kier alpha value is -2.28.